The van der Waals surface area contributed by atoms with Gasteiger partial charge in [0, 0.05) is 19.6 Å². The number of likely N-dealkylation sites (tertiary alicyclic amines) is 1. The van der Waals surface area contributed by atoms with Gasteiger partial charge >= 0.3 is 0 Å². The van der Waals surface area contributed by atoms with Crippen LogP contribution >= 0.6 is 0 Å². The van der Waals surface area contributed by atoms with Crippen LogP contribution in [0.2, 0.25) is 0 Å². The third-order valence-electron chi connectivity index (χ3n) is 2.99. The van der Waals surface area contributed by atoms with E-state index < -0.39 is 0 Å². The second-order valence-corrected chi connectivity index (χ2v) is 5.41. The second kappa shape index (κ2) is 4.60. The Labute approximate surface area is 86.7 Å². The van der Waals surface area contributed by atoms with Gasteiger partial charge in [-0.2, -0.15) is 0 Å². The molecule has 1 rings (SSSR count). The van der Waals surface area contributed by atoms with E-state index in [-0.39, 0.29) is 17.6 Å². The Morgan fingerprint density at radius 1 is 1.29 bits per heavy atom. The number of nitrogens with zero attached hydrogens (tertiary/aromatic N) is 1. The number of rotatable bonds is 2. The lowest BCUT2D eigenvalue weighted by Gasteiger charge is -2.35. The Kier molecular flexibility index (Phi) is 3.93. The summed E-state index contributed by atoms with van der Waals surface area (Å²) in [6.07, 6.45) is 1.28. The Bertz CT molecular complexity index is 169. The molecule has 3 heteroatoms. The molecule has 1 fully saturated rings. The summed E-state index contributed by atoms with van der Waals surface area (Å²) in [7, 11) is 0. The van der Waals surface area contributed by atoms with Crippen LogP contribution in [0, 0.1) is 5.41 Å². The molecule has 0 radical (unpaired) electrons. The summed E-state index contributed by atoms with van der Waals surface area (Å²) in [5.41, 5.74) is -0.0456. The van der Waals surface area contributed by atoms with Crippen molar-refractivity contribution < 1.29 is 10.2 Å². The Morgan fingerprint density at radius 2 is 1.79 bits per heavy atom. The summed E-state index contributed by atoms with van der Waals surface area (Å²) in [5.74, 6) is 0. The molecule has 1 atom stereocenters. The topological polar surface area (TPSA) is 43.7 Å². The van der Waals surface area contributed by atoms with Crippen molar-refractivity contribution in [1.29, 1.82) is 0 Å². The SMILES string of the molecule is CC(C)(C)C(O)CN1CCC(O)CC1. The fourth-order valence-electron chi connectivity index (χ4n) is 1.62. The molecule has 0 bridgehead atoms. The summed E-state index contributed by atoms with van der Waals surface area (Å²) < 4.78 is 0. The van der Waals surface area contributed by atoms with Gasteiger partial charge in [0.1, 0.15) is 0 Å². The first-order chi connectivity index (χ1) is 6.39. The van der Waals surface area contributed by atoms with E-state index in [0.717, 1.165) is 32.5 Å². The number of piperidine rings is 1. The van der Waals surface area contributed by atoms with Crippen LogP contribution in [-0.4, -0.2) is 47.0 Å². The third kappa shape index (κ3) is 3.56. The zero-order chi connectivity index (χ0) is 10.8. The van der Waals surface area contributed by atoms with Gasteiger partial charge in [0.25, 0.3) is 0 Å². The molecule has 0 aromatic heterocycles. The van der Waals surface area contributed by atoms with Crippen molar-refractivity contribution in [3.05, 3.63) is 0 Å². The number of hydrogen-bond acceptors (Lipinski definition) is 3. The normalized spacial score (nSPS) is 23.8. The van der Waals surface area contributed by atoms with Gasteiger partial charge in [-0.1, -0.05) is 20.8 Å². The summed E-state index contributed by atoms with van der Waals surface area (Å²) in [6.45, 7) is 8.71. The molecule has 1 unspecified atom stereocenters. The molecule has 0 aromatic rings. The highest BCUT2D eigenvalue weighted by Crippen LogP contribution is 2.21. The predicted molar refractivity (Wildman–Crippen MR) is 57.1 cm³/mol. The van der Waals surface area contributed by atoms with Gasteiger partial charge in [0.05, 0.1) is 12.2 Å². The largest absolute Gasteiger partial charge is 0.393 e. The molecular formula is C11H23NO2. The molecule has 3 nitrogen and oxygen atoms in total. The van der Waals surface area contributed by atoms with Crippen molar-refractivity contribution in [2.75, 3.05) is 19.6 Å². The lowest BCUT2D eigenvalue weighted by atomic mass is 9.88. The number of aliphatic hydroxyl groups is 2. The van der Waals surface area contributed by atoms with Gasteiger partial charge in [-0.05, 0) is 18.3 Å². The molecule has 1 aliphatic rings. The average Bonchev–Trinajstić information content (AvgIpc) is 2.07. The molecule has 1 aliphatic heterocycles. The minimum absolute atomic E-state index is 0.0456. The average molecular weight is 201 g/mol. The lowest BCUT2D eigenvalue weighted by Crippen LogP contribution is -2.44. The van der Waals surface area contributed by atoms with E-state index in [1.54, 1.807) is 0 Å². The van der Waals surface area contributed by atoms with Gasteiger partial charge in [-0.15, -0.1) is 0 Å². The first-order valence-electron chi connectivity index (χ1n) is 5.48. The van der Waals surface area contributed by atoms with Crippen LogP contribution in [0.3, 0.4) is 0 Å². The molecule has 0 aromatic carbocycles. The molecule has 1 saturated heterocycles. The molecule has 2 N–H and O–H groups in total. The van der Waals surface area contributed by atoms with Crippen molar-refractivity contribution >= 4 is 0 Å². The van der Waals surface area contributed by atoms with E-state index in [9.17, 15) is 10.2 Å². The number of aliphatic hydroxyl groups excluding tert-OH is 2. The summed E-state index contributed by atoms with van der Waals surface area (Å²) in [6, 6.07) is 0. The predicted octanol–water partition coefficient (Wildman–Crippen LogP) is 0.850. The molecule has 0 aliphatic carbocycles. The zero-order valence-electron chi connectivity index (χ0n) is 9.53. The van der Waals surface area contributed by atoms with E-state index >= 15 is 0 Å². The Hall–Kier alpha value is -0.120. The number of β-amino-alcohol motifs (C(OH)–C–C–N with tert-alkyl or cyclic N) is 1. The van der Waals surface area contributed by atoms with Crippen molar-refractivity contribution in [1.82, 2.24) is 4.90 Å². The fraction of sp³-hybridized carbons (Fsp3) is 1.00. The minimum atomic E-state index is -0.280. The van der Waals surface area contributed by atoms with E-state index in [0.29, 0.717) is 0 Å². The molecule has 0 amide bonds. The maximum absolute atomic E-state index is 9.90. The van der Waals surface area contributed by atoms with Gasteiger partial charge < -0.3 is 15.1 Å². The van der Waals surface area contributed by atoms with Gasteiger partial charge in [0.15, 0.2) is 0 Å². The van der Waals surface area contributed by atoms with Gasteiger partial charge in [-0.3, -0.25) is 0 Å². The monoisotopic (exact) mass is 201 g/mol. The molecule has 14 heavy (non-hydrogen) atoms. The van der Waals surface area contributed by atoms with Crippen LogP contribution < -0.4 is 0 Å². The van der Waals surface area contributed by atoms with Crippen molar-refractivity contribution in [2.24, 2.45) is 5.41 Å². The molecule has 84 valence electrons. The standard InChI is InChI=1S/C11H23NO2/c1-11(2,3)10(14)8-12-6-4-9(13)5-7-12/h9-10,13-14H,4-8H2,1-3H3. The lowest BCUT2D eigenvalue weighted by molar-refractivity contribution is 0.00684. The fourth-order valence-corrected chi connectivity index (χ4v) is 1.62. The van der Waals surface area contributed by atoms with Crippen molar-refractivity contribution in [3.8, 4) is 0 Å². The van der Waals surface area contributed by atoms with Crippen LogP contribution in [0.5, 0.6) is 0 Å². The van der Waals surface area contributed by atoms with Crippen molar-refractivity contribution in [3.63, 3.8) is 0 Å². The summed E-state index contributed by atoms with van der Waals surface area (Å²) >= 11 is 0. The minimum Gasteiger partial charge on any atom is -0.393 e. The molecular weight excluding hydrogens is 178 g/mol. The van der Waals surface area contributed by atoms with Crippen molar-refractivity contribution in [2.45, 2.75) is 45.8 Å². The zero-order valence-corrected chi connectivity index (χ0v) is 9.53. The van der Waals surface area contributed by atoms with E-state index in [1.807, 2.05) is 0 Å². The quantitative estimate of drug-likeness (QED) is 0.696. The summed E-state index contributed by atoms with van der Waals surface area (Å²) in [4.78, 5) is 2.24. The van der Waals surface area contributed by atoms with Gasteiger partial charge in [-0.25, -0.2) is 0 Å². The Morgan fingerprint density at radius 3 is 2.21 bits per heavy atom. The number of hydrogen-bond donors (Lipinski definition) is 2. The summed E-state index contributed by atoms with van der Waals surface area (Å²) in [5, 5.41) is 19.2. The van der Waals surface area contributed by atoms with Gasteiger partial charge in [0.2, 0.25) is 0 Å². The van der Waals surface area contributed by atoms with Crippen LogP contribution in [0.1, 0.15) is 33.6 Å². The second-order valence-electron chi connectivity index (χ2n) is 5.41. The molecule has 0 spiro atoms. The van der Waals surface area contributed by atoms with Crippen LogP contribution in [0.25, 0.3) is 0 Å². The Balaban J connectivity index is 2.31. The van der Waals surface area contributed by atoms with Crippen LogP contribution in [0.4, 0.5) is 0 Å². The molecule has 0 saturated carbocycles. The highest BCUT2D eigenvalue weighted by molar-refractivity contribution is 4.79. The smallest absolute Gasteiger partial charge is 0.0715 e. The first kappa shape index (κ1) is 12.0. The van der Waals surface area contributed by atoms with Crippen LogP contribution in [0.15, 0.2) is 0 Å². The van der Waals surface area contributed by atoms with Crippen LogP contribution in [-0.2, 0) is 0 Å². The highest BCUT2D eigenvalue weighted by Gasteiger charge is 2.26. The van der Waals surface area contributed by atoms with E-state index in [2.05, 4.69) is 25.7 Å². The molecule has 1 heterocycles. The van der Waals surface area contributed by atoms with E-state index in [4.69, 9.17) is 0 Å². The first-order valence-corrected chi connectivity index (χ1v) is 5.48. The maximum atomic E-state index is 9.90. The highest BCUT2D eigenvalue weighted by atomic mass is 16.3. The third-order valence-corrected chi connectivity index (χ3v) is 2.99. The van der Waals surface area contributed by atoms with E-state index in [1.165, 1.54) is 0 Å². The maximum Gasteiger partial charge on any atom is 0.0715 e.